The molecule has 1 amide bonds. The van der Waals surface area contributed by atoms with Gasteiger partial charge >= 0.3 is 6.18 Å². The summed E-state index contributed by atoms with van der Waals surface area (Å²) >= 11 is 0. The maximum absolute atomic E-state index is 13.1. The molecule has 184 valence electrons. The minimum absolute atomic E-state index is 0.226. The van der Waals surface area contributed by atoms with Gasteiger partial charge in [-0.2, -0.15) is 13.2 Å². The molecule has 5 aromatic rings. The van der Waals surface area contributed by atoms with Gasteiger partial charge in [-0.15, -0.1) is 5.10 Å². The number of nitrogens with zero attached hydrogens (tertiary/aromatic N) is 5. The van der Waals surface area contributed by atoms with Gasteiger partial charge in [0.15, 0.2) is 0 Å². The molecule has 0 saturated heterocycles. The quantitative estimate of drug-likeness (QED) is 0.322. The summed E-state index contributed by atoms with van der Waals surface area (Å²) < 4.78 is 40.6. The van der Waals surface area contributed by atoms with Crippen molar-refractivity contribution < 1.29 is 18.0 Å². The van der Waals surface area contributed by atoms with Crippen molar-refractivity contribution in [3.63, 3.8) is 0 Å². The van der Waals surface area contributed by atoms with Crippen molar-refractivity contribution in [2.24, 2.45) is 0 Å². The highest BCUT2D eigenvalue weighted by Crippen LogP contribution is 2.34. The Morgan fingerprint density at radius 3 is 2.16 bits per heavy atom. The highest BCUT2D eigenvalue weighted by molar-refractivity contribution is 5.90. The van der Waals surface area contributed by atoms with Crippen LogP contribution in [-0.2, 0) is 17.5 Å². The fourth-order valence-corrected chi connectivity index (χ4v) is 3.82. The van der Waals surface area contributed by atoms with Gasteiger partial charge in [-0.3, -0.25) is 9.78 Å². The van der Waals surface area contributed by atoms with Crippen molar-refractivity contribution in [2.45, 2.75) is 12.7 Å². The molecule has 0 bridgehead atoms. The molecule has 0 saturated carbocycles. The molecule has 7 nitrogen and oxygen atoms in total. The lowest BCUT2D eigenvalue weighted by molar-refractivity contribution is -0.137. The van der Waals surface area contributed by atoms with Crippen molar-refractivity contribution >= 4 is 11.7 Å². The highest BCUT2D eigenvalue weighted by atomic mass is 19.4. The molecule has 5 rings (SSSR count). The lowest BCUT2D eigenvalue weighted by Crippen LogP contribution is -2.20. The fourth-order valence-electron chi connectivity index (χ4n) is 3.82. The summed E-state index contributed by atoms with van der Waals surface area (Å²) in [6.45, 7) is -0.226. The second-order valence-electron chi connectivity index (χ2n) is 8.10. The zero-order chi connectivity index (χ0) is 25.8. The van der Waals surface area contributed by atoms with E-state index in [1.165, 1.54) is 16.8 Å². The van der Waals surface area contributed by atoms with Crippen molar-refractivity contribution in [3.8, 4) is 33.6 Å². The van der Waals surface area contributed by atoms with Gasteiger partial charge < -0.3 is 5.32 Å². The number of anilines is 1. The average Bonchev–Trinajstić information content (AvgIpc) is 3.33. The molecule has 3 heterocycles. The first-order valence-corrected chi connectivity index (χ1v) is 11.2. The molecule has 10 heteroatoms. The summed E-state index contributed by atoms with van der Waals surface area (Å²) in [5.74, 6) is -0.0606. The average molecular weight is 500 g/mol. The number of halogens is 3. The van der Waals surface area contributed by atoms with Crippen molar-refractivity contribution in [1.82, 2.24) is 25.0 Å². The van der Waals surface area contributed by atoms with Crippen LogP contribution in [0.25, 0.3) is 33.6 Å². The van der Waals surface area contributed by atoms with E-state index in [2.05, 4.69) is 25.6 Å². The van der Waals surface area contributed by atoms with E-state index >= 15 is 0 Å². The maximum atomic E-state index is 13.1. The number of aromatic nitrogens is 5. The highest BCUT2D eigenvalue weighted by Gasteiger charge is 2.30. The lowest BCUT2D eigenvalue weighted by Gasteiger charge is -2.11. The number of nitrogens with one attached hydrogen (secondary N) is 1. The molecule has 1 N–H and O–H groups in total. The van der Waals surface area contributed by atoms with E-state index in [1.807, 2.05) is 36.4 Å². The Balaban J connectivity index is 1.41. The second-order valence-corrected chi connectivity index (χ2v) is 8.10. The SMILES string of the molecule is O=C(Cn1nnc(-c2ccncc2)c1-c1ccc(C(F)(F)F)cc1)Nc1ccc(-c2ccccc2)cn1. The van der Waals surface area contributed by atoms with E-state index in [9.17, 15) is 18.0 Å². The molecule has 0 fully saturated rings. The second kappa shape index (κ2) is 10.0. The summed E-state index contributed by atoms with van der Waals surface area (Å²) in [5, 5.41) is 11.1. The molecule has 0 unspecified atom stereocenters. The van der Waals surface area contributed by atoms with Gasteiger partial charge in [-0.25, -0.2) is 9.67 Å². The summed E-state index contributed by atoms with van der Waals surface area (Å²) in [6.07, 6.45) is 0.341. The number of pyridine rings is 2. The number of carbonyl (C=O) groups is 1. The van der Waals surface area contributed by atoms with Crippen LogP contribution in [-0.4, -0.2) is 30.9 Å². The van der Waals surface area contributed by atoms with Crippen molar-refractivity contribution in [2.75, 3.05) is 5.32 Å². The summed E-state index contributed by atoms with van der Waals surface area (Å²) in [6, 6.07) is 21.3. The molecule has 3 aromatic heterocycles. The third-order valence-corrected chi connectivity index (χ3v) is 5.61. The molecular formula is C27H19F3N6O. The van der Waals surface area contributed by atoms with E-state index in [0.29, 0.717) is 28.3 Å². The van der Waals surface area contributed by atoms with E-state index in [-0.39, 0.29) is 6.54 Å². The Kier molecular flexibility index (Phi) is 6.46. The predicted molar refractivity (Wildman–Crippen MR) is 132 cm³/mol. The van der Waals surface area contributed by atoms with E-state index in [4.69, 9.17) is 0 Å². The number of hydrogen-bond acceptors (Lipinski definition) is 5. The maximum Gasteiger partial charge on any atom is 0.416 e. The first-order chi connectivity index (χ1) is 17.9. The lowest BCUT2D eigenvalue weighted by atomic mass is 10.0. The van der Waals surface area contributed by atoms with E-state index in [0.717, 1.165) is 23.3 Å². The summed E-state index contributed by atoms with van der Waals surface area (Å²) in [7, 11) is 0. The molecular weight excluding hydrogens is 481 g/mol. The standard InChI is InChI=1S/C27H19F3N6O/c28-27(29,30)22-9-6-20(7-10-22)26-25(19-12-14-31-15-13-19)34-35-36(26)17-24(37)33-23-11-8-21(16-32-23)18-4-2-1-3-5-18/h1-16H,17H2,(H,32,33,37). The van der Waals surface area contributed by atoms with Gasteiger partial charge in [0, 0.05) is 35.3 Å². The first kappa shape index (κ1) is 23.9. The van der Waals surface area contributed by atoms with Gasteiger partial charge in [0.05, 0.1) is 11.3 Å². The Morgan fingerprint density at radius 1 is 0.811 bits per heavy atom. The third kappa shape index (κ3) is 5.37. The van der Waals surface area contributed by atoms with Gasteiger partial charge in [0.2, 0.25) is 5.91 Å². The Bertz CT molecular complexity index is 1500. The minimum atomic E-state index is -4.46. The number of amides is 1. The van der Waals surface area contributed by atoms with Crippen molar-refractivity contribution in [3.05, 3.63) is 103 Å². The Labute approximate surface area is 209 Å². The zero-order valence-corrected chi connectivity index (χ0v) is 19.2. The summed E-state index contributed by atoms with van der Waals surface area (Å²) in [4.78, 5) is 21.2. The zero-order valence-electron chi connectivity index (χ0n) is 19.2. The van der Waals surface area contributed by atoms with Crippen LogP contribution in [0.5, 0.6) is 0 Å². The molecule has 0 aliphatic carbocycles. The predicted octanol–water partition coefficient (Wildman–Crippen LogP) is 5.73. The third-order valence-electron chi connectivity index (χ3n) is 5.61. The number of hydrogen-bond donors (Lipinski definition) is 1. The van der Waals surface area contributed by atoms with Gasteiger partial charge in [0.1, 0.15) is 18.1 Å². The topological polar surface area (TPSA) is 85.6 Å². The van der Waals surface area contributed by atoms with E-state index in [1.54, 1.807) is 36.8 Å². The van der Waals surface area contributed by atoms with Crippen LogP contribution < -0.4 is 5.32 Å². The largest absolute Gasteiger partial charge is 0.416 e. The monoisotopic (exact) mass is 500 g/mol. The minimum Gasteiger partial charge on any atom is -0.309 e. The normalized spacial score (nSPS) is 11.3. The molecule has 0 atom stereocenters. The van der Waals surface area contributed by atoms with Crippen LogP contribution in [0.2, 0.25) is 0 Å². The number of rotatable bonds is 6. The van der Waals surface area contributed by atoms with Crippen LogP contribution in [0.15, 0.2) is 97.5 Å². The molecule has 0 aliphatic heterocycles. The van der Waals surface area contributed by atoms with Crippen LogP contribution in [0.1, 0.15) is 5.56 Å². The summed E-state index contributed by atoms with van der Waals surface area (Å²) in [5.41, 5.74) is 3.05. The smallest absolute Gasteiger partial charge is 0.309 e. The van der Waals surface area contributed by atoms with Crippen LogP contribution in [0, 0.1) is 0 Å². The number of carbonyl (C=O) groups excluding carboxylic acids is 1. The molecule has 0 aliphatic rings. The van der Waals surface area contributed by atoms with Crippen molar-refractivity contribution in [1.29, 1.82) is 0 Å². The fraction of sp³-hybridized carbons (Fsp3) is 0.0741. The van der Waals surface area contributed by atoms with Gasteiger partial charge in [0.25, 0.3) is 0 Å². The molecule has 0 radical (unpaired) electrons. The number of alkyl halides is 3. The Morgan fingerprint density at radius 2 is 1.51 bits per heavy atom. The van der Waals surface area contributed by atoms with Gasteiger partial charge in [-0.1, -0.05) is 47.7 Å². The van der Waals surface area contributed by atoms with Crippen LogP contribution in [0.4, 0.5) is 19.0 Å². The Hall–Kier alpha value is -4.86. The molecule has 2 aromatic carbocycles. The molecule has 0 spiro atoms. The van der Waals surface area contributed by atoms with Crippen LogP contribution >= 0.6 is 0 Å². The van der Waals surface area contributed by atoms with E-state index < -0.39 is 17.6 Å². The number of benzene rings is 2. The first-order valence-electron chi connectivity index (χ1n) is 11.2. The van der Waals surface area contributed by atoms with Crippen LogP contribution in [0.3, 0.4) is 0 Å². The molecule has 37 heavy (non-hydrogen) atoms. The van der Waals surface area contributed by atoms with Gasteiger partial charge in [-0.05, 0) is 42.0 Å².